The van der Waals surface area contributed by atoms with Gasteiger partial charge < -0.3 is 4.98 Å². The molecule has 0 spiro atoms. The average molecular weight is 254 g/mol. The van der Waals surface area contributed by atoms with Crippen molar-refractivity contribution in [3.8, 4) is 11.1 Å². The minimum atomic E-state index is -0.149. The van der Waals surface area contributed by atoms with E-state index in [1.807, 2.05) is 13.0 Å². The molecule has 0 amide bonds. The van der Waals surface area contributed by atoms with E-state index in [0.29, 0.717) is 21.2 Å². The van der Waals surface area contributed by atoms with Crippen LogP contribution in [0, 0.1) is 6.92 Å². The number of pyridine rings is 1. The van der Waals surface area contributed by atoms with E-state index in [-0.39, 0.29) is 5.56 Å². The number of benzene rings is 1. The van der Waals surface area contributed by atoms with Gasteiger partial charge in [-0.05, 0) is 30.7 Å². The Kier molecular flexibility index (Phi) is 3.03. The van der Waals surface area contributed by atoms with Gasteiger partial charge in [0.15, 0.2) is 0 Å². The Morgan fingerprint density at radius 3 is 2.56 bits per heavy atom. The van der Waals surface area contributed by atoms with Crippen molar-refractivity contribution in [2.24, 2.45) is 0 Å². The fraction of sp³-hybridized carbons (Fsp3) is 0.0833. The Morgan fingerprint density at radius 1 is 1.19 bits per heavy atom. The standard InChI is InChI=1S/C12H9Cl2NO/c1-7-4-5-15-12(16)11(7)9-3-2-8(13)6-10(9)14/h2-6H,1H3,(H,15,16). The first-order valence-corrected chi connectivity index (χ1v) is 5.49. The van der Waals surface area contributed by atoms with Crippen LogP contribution in [0.25, 0.3) is 11.1 Å². The summed E-state index contributed by atoms with van der Waals surface area (Å²) in [5, 5.41) is 1.03. The summed E-state index contributed by atoms with van der Waals surface area (Å²) in [5.41, 5.74) is 2.02. The molecular weight excluding hydrogens is 245 g/mol. The van der Waals surface area contributed by atoms with Crippen molar-refractivity contribution in [2.75, 3.05) is 0 Å². The smallest absolute Gasteiger partial charge is 0.256 e. The molecule has 0 saturated carbocycles. The van der Waals surface area contributed by atoms with Gasteiger partial charge in [-0.2, -0.15) is 0 Å². The number of aromatic amines is 1. The number of aromatic nitrogens is 1. The lowest BCUT2D eigenvalue weighted by Gasteiger charge is -2.06. The molecule has 0 fully saturated rings. The van der Waals surface area contributed by atoms with E-state index >= 15 is 0 Å². The highest BCUT2D eigenvalue weighted by Gasteiger charge is 2.10. The largest absolute Gasteiger partial charge is 0.329 e. The fourth-order valence-electron chi connectivity index (χ4n) is 1.60. The van der Waals surface area contributed by atoms with Gasteiger partial charge in [-0.3, -0.25) is 4.79 Å². The monoisotopic (exact) mass is 253 g/mol. The molecule has 0 atom stereocenters. The van der Waals surface area contributed by atoms with Crippen LogP contribution in [0.15, 0.2) is 35.3 Å². The number of halogens is 2. The van der Waals surface area contributed by atoms with Gasteiger partial charge in [-0.25, -0.2) is 0 Å². The molecule has 0 bridgehead atoms. The molecule has 1 N–H and O–H groups in total. The van der Waals surface area contributed by atoms with Crippen molar-refractivity contribution >= 4 is 23.2 Å². The summed E-state index contributed by atoms with van der Waals surface area (Å²) in [4.78, 5) is 14.4. The third-order valence-corrected chi connectivity index (χ3v) is 2.92. The van der Waals surface area contributed by atoms with Crippen LogP contribution >= 0.6 is 23.2 Å². The molecule has 0 aliphatic rings. The topological polar surface area (TPSA) is 32.9 Å². The predicted octanol–water partition coefficient (Wildman–Crippen LogP) is 3.66. The molecule has 0 aliphatic carbocycles. The lowest BCUT2D eigenvalue weighted by Crippen LogP contribution is -2.09. The van der Waals surface area contributed by atoms with Gasteiger partial charge >= 0.3 is 0 Å². The van der Waals surface area contributed by atoms with Crippen LogP contribution < -0.4 is 5.56 Å². The second-order valence-corrected chi connectivity index (χ2v) is 4.33. The maximum Gasteiger partial charge on any atom is 0.256 e. The van der Waals surface area contributed by atoms with E-state index in [0.717, 1.165) is 5.56 Å². The van der Waals surface area contributed by atoms with Crippen molar-refractivity contribution in [2.45, 2.75) is 6.92 Å². The number of nitrogens with one attached hydrogen (secondary N) is 1. The van der Waals surface area contributed by atoms with Crippen LogP contribution in [0.4, 0.5) is 0 Å². The zero-order valence-electron chi connectivity index (χ0n) is 8.55. The van der Waals surface area contributed by atoms with Gasteiger partial charge in [0.2, 0.25) is 0 Å². The third-order valence-electron chi connectivity index (χ3n) is 2.37. The molecule has 2 aromatic rings. The minimum Gasteiger partial charge on any atom is -0.329 e. The zero-order chi connectivity index (χ0) is 11.7. The van der Waals surface area contributed by atoms with Crippen LogP contribution in [0.1, 0.15) is 5.56 Å². The predicted molar refractivity (Wildman–Crippen MR) is 67.3 cm³/mol. The molecule has 2 rings (SSSR count). The quantitative estimate of drug-likeness (QED) is 0.827. The van der Waals surface area contributed by atoms with E-state index in [9.17, 15) is 4.79 Å². The summed E-state index contributed by atoms with van der Waals surface area (Å²) in [6.07, 6.45) is 1.62. The van der Waals surface area contributed by atoms with Crippen LogP contribution in [0.3, 0.4) is 0 Å². The number of hydrogen-bond donors (Lipinski definition) is 1. The van der Waals surface area contributed by atoms with Crippen molar-refractivity contribution in [3.05, 3.63) is 56.4 Å². The maximum absolute atomic E-state index is 11.7. The highest BCUT2D eigenvalue weighted by molar-refractivity contribution is 6.36. The van der Waals surface area contributed by atoms with E-state index in [2.05, 4.69) is 4.98 Å². The zero-order valence-corrected chi connectivity index (χ0v) is 10.1. The van der Waals surface area contributed by atoms with Crippen molar-refractivity contribution < 1.29 is 0 Å². The highest BCUT2D eigenvalue weighted by atomic mass is 35.5. The Hall–Kier alpha value is -1.25. The second-order valence-electron chi connectivity index (χ2n) is 3.49. The molecule has 0 radical (unpaired) electrons. The lowest BCUT2D eigenvalue weighted by atomic mass is 10.0. The molecular formula is C12H9Cl2NO. The molecule has 0 unspecified atom stereocenters. The average Bonchev–Trinajstić information content (AvgIpc) is 2.20. The van der Waals surface area contributed by atoms with Gasteiger partial charge in [-0.1, -0.05) is 29.3 Å². The Labute approximate surface area is 103 Å². The lowest BCUT2D eigenvalue weighted by molar-refractivity contribution is 1.21. The fourth-order valence-corrected chi connectivity index (χ4v) is 2.11. The Morgan fingerprint density at radius 2 is 1.94 bits per heavy atom. The summed E-state index contributed by atoms with van der Waals surface area (Å²) >= 11 is 11.9. The van der Waals surface area contributed by atoms with Crippen molar-refractivity contribution in [1.29, 1.82) is 0 Å². The molecule has 2 nitrogen and oxygen atoms in total. The maximum atomic E-state index is 11.7. The minimum absolute atomic E-state index is 0.149. The molecule has 0 saturated heterocycles. The molecule has 0 aliphatic heterocycles. The van der Waals surface area contributed by atoms with Crippen LogP contribution in [-0.4, -0.2) is 4.98 Å². The van der Waals surface area contributed by atoms with Gasteiger partial charge in [0.05, 0.1) is 10.6 Å². The first kappa shape index (κ1) is 11.2. The molecule has 1 heterocycles. The third kappa shape index (κ3) is 1.99. The highest BCUT2D eigenvalue weighted by Crippen LogP contribution is 2.29. The summed E-state index contributed by atoms with van der Waals surface area (Å²) < 4.78 is 0. The Balaban J connectivity index is 2.73. The van der Waals surface area contributed by atoms with Crippen molar-refractivity contribution in [1.82, 2.24) is 4.98 Å². The molecule has 16 heavy (non-hydrogen) atoms. The number of aryl methyl sites for hydroxylation is 1. The number of hydrogen-bond acceptors (Lipinski definition) is 1. The SMILES string of the molecule is Cc1cc[nH]c(=O)c1-c1ccc(Cl)cc1Cl. The first-order valence-electron chi connectivity index (χ1n) is 4.73. The van der Waals surface area contributed by atoms with E-state index < -0.39 is 0 Å². The second kappa shape index (κ2) is 4.32. The summed E-state index contributed by atoms with van der Waals surface area (Å²) in [5.74, 6) is 0. The van der Waals surface area contributed by atoms with Crippen LogP contribution in [0.2, 0.25) is 10.0 Å². The number of rotatable bonds is 1. The van der Waals surface area contributed by atoms with E-state index in [4.69, 9.17) is 23.2 Å². The van der Waals surface area contributed by atoms with Gasteiger partial charge in [0.25, 0.3) is 5.56 Å². The van der Waals surface area contributed by atoms with Gasteiger partial charge in [0, 0.05) is 16.8 Å². The van der Waals surface area contributed by atoms with E-state index in [1.54, 1.807) is 24.4 Å². The molecule has 1 aromatic heterocycles. The van der Waals surface area contributed by atoms with Crippen LogP contribution in [0.5, 0.6) is 0 Å². The molecule has 4 heteroatoms. The van der Waals surface area contributed by atoms with Crippen molar-refractivity contribution in [3.63, 3.8) is 0 Å². The normalized spacial score (nSPS) is 10.4. The molecule has 1 aromatic carbocycles. The summed E-state index contributed by atoms with van der Waals surface area (Å²) in [6, 6.07) is 6.93. The summed E-state index contributed by atoms with van der Waals surface area (Å²) in [7, 11) is 0. The van der Waals surface area contributed by atoms with Gasteiger partial charge in [-0.15, -0.1) is 0 Å². The number of H-pyrrole nitrogens is 1. The first-order chi connectivity index (χ1) is 7.59. The van der Waals surface area contributed by atoms with E-state index in [1.165, 1.54) is 0 Å². The molecule has 82 valence electrons. The summed E-state index contributed by atoms with van der Waals surface area (Å²) in [6.45, 7) is 1.87. The Bertz CT molecular complexity index is 590. The van der Waals surface area contributed by atoms with Crippen LogP contribution in [-0.2, 0) is 0 Å². The van der Waals surface area contributed by atoms with Gasteiger partial charge in [0.1, 0.15) is 0 Å².